The van der Waals surface area contributed by atoms with Gasteiger partial charge in [-0.2, -0.15) is 0 Å². The number of nitrogens with zero attached hydrogens (tertiary/aromatic N) is 1. The van der Waals surface area contributed by atoms with E-state index in [9.17, 15) is 14.9 Å². The standard InChI is InChI=1S/C20H18N2O6/c1-2-26-14-7-9-15(10-8-14)27-13-16-11-12-19(28-16)20(23)21-17-5-3-4-6-18(17)22(24)25/h3-12H,2,13H2,1H3,(H,21,23). The Morgan fingerprint density at radius 1 is 1.04 bits per heavy atom. The molecule has 1 heterocycles. The van der Waals surface area contributed by atoms with E-state index in [0.29, 0.717) is 18.1 Å². The average molecular weight is 382 g/mol. The summed E-state index contributed by atoms with van der Waals surface area (Å²) in [5.74, 6) is 1.28. The molecular formula is C20H18N2O6. The highest BCUT2D eigenvalue weighted by Crippen LogP contribution is 2.24. The topological polar surface area (TPSA) is 104 Å². The Hall–Kier alpha value is -3.81. The van der Waals surface area contributed by atoms with Crippen molar-refractivity contribution in [1.29, 1.82) is 0 Å². The number of nitro benzene ring substituents is 1. The van der Waals surface area contributed by atoms with Gasteiger partial charge in [0.1, 0.15) is 29.6 Å². The van der Waals surface area contributed by atoms with Gasteiger partial charge in [-0.1, -0.05) is 12.1 Å². The normalized spacial score (nSPS) is 10.3. The molecule has 8 nitrogen and oxygen atoms in total. The van der Waals surface area contributed by atoms with Crippen LogP contribution in [0.2, 0.25) is 0 Å². The van der Waals surface area contributed by atoms with E-state index in [1.54, 1.807) is 36.4 Å². The van der Waals surface area contributed by atoms with E-state index in [1.165, 1.54) is 24.3 Å². The molecule has 0 aliphatic carbocycles. The fourth-order valence-electron chi connectivity index (χ4n) is 2.45. The molecule has 144 valence electrons. The van der Waals surface area contributed by atoms with Crippen molar-refractivity contribution in [2.45, 2.75) is 13.5 Å². The Morgan fingerprint density at radius 2 is 1.71 bits per heavy atom. The van der Waals surface area contributed by atoms with Gasteiger partial charge in [0.2, 0.25) is 0 Å². The van der Waals surface area contributed by atoms with Crippen molar-refractivity contribution in [2.24, 2.45) is 0 Å². The second kappa shape index (κ2) is 8.72. The van der Waals surface area contributed by atoms with Gasteiger partial charge in [-0.3, -0.25) is 14.9 Å². The third-order valence-electron chi connectivity index (χ3n) is 3.75. The van der Waals surface area contributed by atoms with E-state index in [-0.39, 0.29) is 23.7 Å². The number of para-hydroxylation sites is 2. The molecule has 3 rings (SSSR count). The van der Waals surface area contributed by atoms with E-state index in [2.05, 4.69) is 5.32 Å². The molecule has 3 aromatic rings. The Balaban J connectivity index is 1.60. The third-order valence-corrected chi connectivity index (χ3v) is 3.75. The van der Waals surface area contributed by atoms with Crippen molar-refractivity contribution in [3.63, 3.8) is 0 Å². The third kappa shape index (κ3) is 4.67. The number of amides is 1. The number of rotatable bonds is 8. The predicted molar refractivity (Wildman–Crippen MR) is 102 cm³/mol. The summed E-state index contributed by atoms with van der Waals surface area (Å²) in [6.07, 6.45) is 0. The van der Waals surface area contributed by atoms with Crippen LogP contribution >= 0.6 is 0 Å². The van der Waals surface area contributed by atoms with Crippen LogP contribution in [0, 0.1) is 10.1 Å². The second-order valence-corrected chi connectivity index (χ2v) is 5.69. The zero-order chi connectivity index (χ0) is 19.9. The number of carbonyl (C=O) groups excluding carboxylic acids is 1. The summed E-state index contributed by atoms with van der Waals surface area (Å²) in [5.41, 5.74) is -0.0949. The highest BCUT2D eigenvalue weighted by molar-refractivity contribution is 6.03. The first-order chi connectivity index (χ1) is 13.6. The smallest absolute Gasteiger partial charge is 0.292 e. The summed E-state index contributed by atoms with van der Waals surface area (Å²) in [6, 6.07) is 16.1. The number of furan rings is 1. The van der Waals surface area contributed by atoms with Gasteiger partial charge in [0.25, 0.3) is 11.6 Å². The molecule has 1 N–H and O–H groups in total. The van der Waals surface area contributed by atoms with E-state index in [4.69, 9.17) is 13.9 Å². The van der Waals surface area contributed by atoms with Crippen LogP contribution in [0.3, 0.4) is 0 Å². The molecule has 28 heavy (non-hydrogen) atoms. The van der Waals surface area contributed by atoms with Gasteiger partial charge in [0, 0.05) is 6.07 Å². The number of nitrogens with one attached hydrogen (secondary N) is 1. The number of ether oxygens (including phenoxy) is 2. The number of benzene rings is 2. The van der Waals surface area contributed by atoms with Crippen LogP contribution in [-0.2, 0) is 6.61 Å². The Labute approximate surface area is 160 Å². The van der Waals surface area contributed by atoms with Crippen molar-refractivity contribution in [3.8, 4) is 11.5 Å². The lowest BCUT2D eigenvalue weighted by Crippen LogP contribution is -2.12. The van der Waals surface area contributed by atoms with Gasteiger partial charge in [-0.25, -0.2) is 0 Å². The lowest BCUT2D eigenvalue weighted by atomic mass is 10.2. The molecule has 0 saturated carbocycles. The van der Waals surface area contributed by atoms with E-state index < -0.39 is 10.8 Å². The van der Waals surface area contributed by atoms with Crippen molar-refractivity contribution >= 4 is 17.3 Å². The Morgan fingerprint density at radius 3 is 2.39 bits per heavy atom. The molecule has 0 atom stereocenters. The molecule has 0 radical (unpaired) electrons. The molecule has 0 unspecified atom stereocenters. The van der Waals surface area contributed by atoms with Crippen LogP contribution in [0.25, 0.3) is 0 Å². The first-order valence-electron chi connectivity index (χ1n) is 8.56. The Bertz CT molecular complexity index is 965. The molecule has 8 heteroatoms. The first-order valence-corrected chi connectivity index (χ1v) is 8.56. The lowest BCUT2D eigenvalue weighted by Gasteiger charge is -2.06. The molecule has 2 aromatic carbocycles. The highest BCUT2D eigenvalue weighted by Gasteiger charge is 2.18. The van der Waals surface area contributed by atoms with Crippen LogP contribution in [0.4, 0.5) is 11.4 Å². The number of hydrogen-bond acceptors (Lipinski definition) is 6. The van der Waals surface area contributed by atoms with Crippen molar-refractivity contribution in [2.75, 3.05) is 11.9 Å². The SMILES string of the molecule is CCOc1ccc(OCc2ccc(C(=O)Nc3ccccc3[N+](=O)[O-])o2)cc1. The molecule has 0 fully saturated rings. The maximum absolute atomic E-state index is 12.3. The molecule has 0 spiro atoms. The number of anilines is 1. The van der Waals surface area contributed by atoms with Crippen LogP contribution in [-0.4, -0.2) is 17.4 Å². The molecule has 0 aliphatic heterocycles. The van der Waals surface area contributed by atoms with Gasteiger partial charge in [-0.05, 0) is 49.4 Å². The molecule has 0 bridgehead atoms. The van der Waals surface area contributed by atoms with Crippen LogP contribution < -0.4 is 14.8 Å². The quantitative estimate of drug-likeness (QED) is 0.457. The fourth-order valence-corrected chi connectivity index (χ4v) is 2.45. The minimum absolute atomic E-state index is 0.0310. The summed E-state index contributed by atoms with van der Waals surface area (Å²) in [6.45, 7) is 2.63. The second-order valence-electron chi connectivity index (χ2n) is 5.69. The summed E-state index contributed by atoms with van der Waals surface area (Å²) in [5, 5.41) is 13.5. The number of nitro groups is 1. The van der Waals surface area contributed by atoms with Gasteiger partial charge in [0.05, 0.1) is 11.5 Å². The summed E-state index contributed by atoms with van der Waals surface area (Å²) < 4.78 is 16.5. The minimum Gasteiger partial charge on any atom is -0.494 e. The molecule has 1 amide bonds. The van der Waals surface area contributed by atoms with Crippen molar-refractivity contribution in [1.82, 2.24) is 0 Å². The van der Waals surface area contributed by atoms with Gasteiger partial charge < -0.3 is 19.2 Å². The summed E-state index contributed by atoms with van der Waals surface area (Å²) >= 11 is 0. The van der Waals surface area contributed by atoms with Gasteiger partial charge >= 0.3 is 0 Å². The maximum atomic E-state index is 12.3. The molecule has 0 saturated heterocycles. The maximum Gasteiger partial charge on any atom is 0.292 e. The molecule has 0 aliphatic rings. The first kappa shape index (κ1) is 19.0. The largest absolute Gasteiger partial charge is 0.494 e. The summed E-state index contributed by atoms with van der Waals surface area (Å²) in [4.78, 5) is 22.8. The van der Waals surface area contributed by atoms with Gasteiger partial charge in [0.15, 0.2) is 5.76 Å². The predicted octanol–water partition coefficient (Wildman–Crippen LogP) is 4.42. The number of carbonyl (C=O) groups is 1. The van der Waals surface area contributed by atoms with Crippen LogP contribution in [0.5, 0.6) is 11.5 Å². The van der Waals surface area contributed by atoms with Crippen molar-refractivity contribution in [3.05, 3.63) is 82.3 Å². The zero-order valence-corrected chi connectivity index (χ0v) is 15.1. The van der Waals surface area contributed by atoms with Gasteiger partial charge in [-0.15, -0.1) is 0 Å². The minimum atomic E-state index is -0.582. The Kier molecular flexibility index (Phi) is 5.91. The molecule has 1 aromatic heterocycles. The van der Waals surface area contributed by atoms with E-state index in [0.717, 1.165) is 5.75 Å². The lowest BCUT2D eigenvalue weighted by molar-refractivity contribution is -0.383. The zero-order valence-electron chi connectivity index (χ0n) is 15.1. The van der Waals surface area contributed by atoms with E-state index in [1.807, 2.05) is 6.92 Å². The summed E-state index contributed by atoms with van der Waals surface area (Å²) in [7, 11) is 0. The highest BCUT2D eigenvalue weighted by atomic mass is 16.6. The monoisotopic (exact) mass is 382 g/mol. The average Bonchev–Trinajstić information content (AvgIpc) is 3.17. The van der Waals surface area contributed by atoms with Crippen LogP contribution in [0.1, 0.15) is 23.2 Å². The van der Waals surface area contributed by atoms with Crippen molar-refractivity contribution < 1.29 is 23.6 Å². The fraction of sp³-hybridized carbons (Fsp3) is 0.150. The van der Waals surface area contributed by atoms with E-state index >= 15 is 0 Å². The molecular weight excluding hydrogens is 364 g/mol. The number of hydrogen-bond donors (Lipinski definition) is 1. The van der Waals surface area contributed by atoms with Crippen LogP contribution in [0.15, 0.2) is 65.1 Å².